The maximum absolute atomic E-state index is 12.2. The fraction of sp³-hybridized carbons (Fsp3) is 0.185. The number of carbonyl (C=O) groups is 1. The molecule has 3 N–H and O–H groups in total. The summed E-state index contributed by atoms with van der Waals surface area (Å²) in [7, 11) is 1.61. The molecular formula is C27H26BrN7O. The number of hydrogen-bond donors (Lipinski definition) is 3. The van der Waals surface area contributed by atoms with Gasteiger partial charge in [0, 0.05) is 44.8 Å². The number of nitrogens with zero attached hydrogens (tertiary/aromatic N) is 4. The number of carbonyl (C=O) groups excluding carboxylic acids is 1. The van der Waals surface area contributed by atoms with E-state index < -0.39 is 0 Å². The van der Waals surface area contributed by atoms with Crippen LogP contribution in [0.2, 0.25) is 0 Å². The van der Waals surface area contributed by atoms with Crippen LogP contribution in [0.15, 0.2) is 77.5 Å². The van der Waals surface area contributed by atoms with E-state index in [1.807, 2.05) is 36.5 Å². The Labute approximate surface area is 218 Å². The molecule has 3 heterocycles. The molecule has 2 aromatic carbocycles. The van der Waals surface area contributed by atoms with E-state index >= 15 is 0 Å². The molecule has 0 bridgehead atoms. The van der Waals surface area contributed by atoms with Crippen LogP contribution in [-0.2, 0) is 19.5 Å². The molecule has 0 spiro atoms. The summed E-state index contributed by atoms with van der Waals surface area (Å²) in [5.41, 5.74) is 5.85. The topological polar surface area (TPSA) is 95.1 Å². The van der Waals surface area contributed by atoms with Crippen LogP contribution in [-0.4, -0.2) is 39.4 Å². The number of aromatic nitrogens is 3. The molecule has 0 atom stereocenters. The lowest BCUT2D eigenvalue weighted by atomic mass is 9.99. The third-order valence-electron chi connectivity index (χ3n) is 6.06. The van der Waals surface area contributed by atoms with Crippen LogP contribution in [0, 0.1) is 0 Å². The Morgan fingerprint density at radius 2 is 1.89 bits per heavy atom. The molecule has 182 valence electrons. The second-order valence-corrected chi connectivity index (χ2v) is 9.38. The van der Waals surface area contributed by atoms with E-state index in [0.717, 1.165) is 37.4 Å². The van der Waals surface area contributed by atoms with Gasteiger partial charge in [0.25, 0.3) is 5.91 Å². The fourth-order valence-corrected chi connectivity index (χ4v) is 4.54. The molecule has 2 aromatic heterocycles. The summed E-state index contributed by atoms with van der Waals surface area (Å²) in [5, 5.41) is 9.24. The van der Waals surface area contributed by atoms with Crippen molar-refractivity contribution in [3.8, 4) is 0 Å². The van der Waals surface area contributed by atoms with Gasteiger partial charge >= 0.3 is 0 Å². The van der Waals surface area contributed by atoms with E-state index in [9.17, 15) is 4.79 Å². The average molecular weight is 544 g/mol. The molecule has 0 fully saturated rings. The molecule has 0 radical (unpaired) electrons. The highest BCUT2D eigenvalue weighted by Crippen LogP contribution is 2.28. The Morgan fingerprint density at radius 1 is 1.03 bits per heavy atom. The van der Waals surface area contributed by atoms with Gasteiger partial charge in [0.2, 0.25) is 5.95 Å². The van der Waals surface area contributed by atoms with Crippen LogP contribution in [0.5, 0.6) is 0 Å². The van der Waals surface area contributed by atoms with Crippen molar-refractivity contribution in [3.63, 3.8) is 0 Å². The highest BCUT2D eigenvalue weighted by atomic mass is 79.9. The molecule has 0 saturated carbocycles. The van der Waals surface area contributed by atoms with Crippen LogP contribution in [0.4, 0.5) is 23.1 Å². The van der Waals surface area contributed by atoms with E-state index in [2.05, 4.69) is 76.0 Å². The molecule has 1 amide bonds. The van der Waals surface area contributed by atoms with Crippen molar-refractivity contribution >= 4 is 45.0 Å². The standard InChI is InChI=1S/C27H26BrN7O/c1-29-26(36)22-7-2-3-8-24(22)33-25-23(28)15-31-27(34-25)32-20-10-9-18-11-13-35(16-19(18)14-20)17-21-6-4-5-12-30-21/h2-10,12,14-15H,11,13,16-17H2,1H3,(H,29,36)(H2,31,32,33,34). The minimum atomic E-state index is -0.173. The third kappa shape index (κ3) is 5.53. The summed E-state index contributed by atoms with van der Waals surface area (Å²) >= 11 is 3.51. The normalized spacial score (nSPS) is 13.1. The molecule has 4 aromatic rings. The average Bonchev–Trinajstić information content (AvgIpc) is 2.91. The molecule has 8 nitrogen and oxygen atoms in total. The van der Waals surface area contributed by atoms with E-state index in [-0.39, 0.29) is 5.91 Å². The molecule has 9 heteroatoms. The Hall–Kier alpha value is -3.82. The van der Waals surface area contributed by atoms with Crippen molar-refractivity contribution in [1.29, 1.82) is 0 Å². The zero-order chi connectivity index (χ0) is 24.9. The molecular weight excluding hydrogens is 518 g/mol. The van der Waals surface area contributed by atoms with Gasteiger partial charge in [-0.1, -0.05) is 24.3 Å². The molecule has 0 unspecified atom stereocenters. The molecule has 0 aliphatic carbocycles. The minimum Gasteiger partial charge on any atom is -0.355 e. The number of rotatable bonds is 7. The molecule has 1 aliphatic heterocycles. The molecule has 5 rings (SSSR count). The van der Waals surface area contributed by atoms with Crippen LogP contribution in [0.1, 0.15) is 27.2 Å². The lowest BCUT2D eigenvalue weighted by Gasteiger charge is -2.28. The number of nitrogens with one attached hydrogen (secondary N) is 3. The van der Waals surface area contributed by atoms with Gasteiger partial charge in [-0.05, 0) is 69.9 Å². The van der Waals surface area contributed by atoms with Crippen molar-refractivity contribution in [2.75, 3.05) is 24.2 Å². The van der Waals surface area contributed by atoms with Gasteiger partial charge in [-0.15, -0.1) is 0 Å². The lowest BCUT2D eigenvalue weighted by molar-refractivity contribution is 0.0964. The first-order chi connectivity index (χ1) is 17.6. The Balaban J connectivity index is 1.32. The molecule has 36 heavy (non-hydrogen) atoms. The molecule has 1 aliphatic rings. The van der Waals surface area contributed by atoms with Crippen molar-refractivity contribution in [2.45, 2.75) is 19.5 Å². The van der Waals surface area contributed by atoms with Gasteiger partial charge < -0.3 is 16.0 Å². The number of hydrogen-bond acceptors (Lipinski definition) is 7. The zero-order valence-electron chi connectivity index (χ0n) is 19.8. The smallest absolute Gasteiger partial charge is 0.253 e. The van der Waals surface area contributed by atoms with Gasteiger partial charge in [-0.3, -0.25) is 14.7 Å². The first-order valence-corrected chi connectivity index (χ1v) is 12.5. The fourth-order valence-electron chi connectivity index (χ4n) is 4.25. The zero-order valence-corrected chi connectivity index (χ0v) is 21.4. The quantitative estimate of drug-likeness (QED) is 0.300. The predicted molar refractivity (Wildman–Crippen MR) is 145 cm³/mol. The van der Waals surface area contributed by atoms with Crippen LogP contribution >= 0.6 is 15.9 Å². The van der Waals surface area contributed by atoms with E-state index in [1.165, 1.54) is 11.1 Å². The van der Waals surface area contributed by atoms with Crippen LogP contribution < -0.4 is 16.0 Å². The number of anilines is 4. The van der Waals surface area contributed by atoms with Crippen molar-refractivity contribution < 1.29 is 4.79 Å². The second-order valence-electron chi connectivity index (χ2n) is 8.53. The molecule has 0 saturated heterocycles. The number of fused-ring (bicyclic) bond motifs is 1. The SMILES string of the molecule is CNC(=O)c1ccccc1Nc1nc(Nc2ccc3c(c2)CN(Cc2ccccn2)CC3)ncc1Br. The number of para-hydroxylation sites is 1. The van der Waals surface area contributed by atoms with Crippen LogP contribution in [0.25, 0.3) is 0 Å². The minimum absolute atomic E-state index is 0.173. The largest absolute Gasteiger partial charge is 0.355 e. The summed E-state index contributed by atoms with van der Waals surface area (Å²) in [4.78, 5) is 28.2. The predicted octanol–water partition coefficient (Wildman–Crippen LogP) is 5.04. The number of halogens is 1. The van der Waals surface area contributed by atoms with Crippen molar-refractivity contribution in [1.82, 2.24) is 25.2 Å². The first kappa shape index (κ1) is 23.9. The number of amides is 1. The van der Waals surface area contributed by atoms with Gasteiger partial charge in [0.05, 0.1) is 21.4 Å². The summed E-state index contributed by atoms with van der Waals surface area (Å²) in [6, 6.07) is 19.7. The summed E-state index contributed by atoms with van der Waals surface area (Å²) < 4.78 is 0.690. The first-order valence-electron chi connectivity index (χ1n) is 11.7. The monoisotopic (exact) mass is 543 g/mol. The Kier molecular flexibility index (Phi) is 7.20. The van der Waals surface area contributed by atoms with Gasteiger partial charge in [-0.2, -0.15) is 4.98 Å². The van der Waals surface area contributed by atoms with E-state index in [0.29, 0.717) is 27.5 Å². The lowest BCUT2D eigenvalue weighted by Crippen LogP contribution is -2.30. The van der Waals surface area contributed by atoms with Gasteiger partial charge in [-0.25, -0.2) is 4.98 Å². The Bertz CT molecular complexity index is 1380. The number of benzene rings is 2. The summed E-state index contributed by atoms with van der Waals surface area (Å²) in [6.07, 6.45) is 4.54. The highest BCUT2D eigenvalue weighted by molar-refractivity contribution is 9.10. The van der Waals surface area contributed by atoms with Crippen molar-refractivity contribution in [3.05, 3.63) is 99.9 Å². The maximum Gasteiger partial charge on any atom is 0.253 e. The van der Waals surface area contributed by atoms with E-state index in [1.54, 1.807) is 19.3 Å². The second kappa shape index (κ2) is 10.8. The highest BCUT2D eigenvalue weighted by Gasteiger charge is 2.18. The van der Waals surface area contributed by atoms with E-state index in [4.69, 9.17) is 0 Å². The van der Waals surface area contributed by atoms with Crippen molar-refractivity contribution in [2.24, 2.45) is 0 Å². The summed E-state index contributed by atoms with van der Waals surface area (Å²) in [6.45, 7) is 2.71. The van der Waals surface area contributed by atoms with Gasteiger partial charge in [0.15, 0.2) is 0 Å². The van der Waals surface area contributed by atoms with Crippen LogP contribution in [0.3, 0.4) is 0 Å². The maximum atomic E-state index is 12.2. The Morgan fingerprint density at radius 3 is 2.72 bits per heavy atom. The number of pyridine rings is 1. The summed E-state index contributed by atoms with van der Waals surface area (Å²) in [5.74, 6) is 0.843. The van der Waals surface area contributed by atoms with Gasteiger partial charge in [0.1, 0.15) is 5.82 Å². The third-order valence-corrected chi connectivity index (χ3v) is 6.64.